The lowest BCUT2D eigenvalue weighted by Crippen LogP contribution is -2.25. The predicted octanol–water partition coefficient (Wildman–Crippen LogP) is 0.516. The van der Waals surface area contributed by atoms with Gasteiger partial charge in [0.15, 0.2) is 14.4 Å². The van der Waals surface area contributed by atoms with E-state index in [0.717, 1.165) is 12.5 Å². The third-order valence-corrected chi connectivity index (χ3v) is 3.35. The second-order valence-electron chi connectivity index (χ2n) is 3.91. The normalized spacial score (nSPS) is 21.3. The quantitative estimate of drug-likeness (QED) is 0.307. The maximum atomic E-state index is 10.9. The maximum Gasteiger partial charge on any atom is 0.337 e. The number of hydrogen-bond acceptors (Lipinski definition) is 4. The van der Waals surface area contributed by atoms with Crippen molar-refractivity contribution in [2.75, 3.05) is 13.2 Å². The lowest BCUT2D eigenvalue weighted by atomic mass is 10.5. The molecular weight excluding hydrogens is 188 g/mol. The Morgan fingerprint density at radius 2 is 2.31 bits per heavy atom. The molecule has 0 bridgehead atoms. The van der Waals surface area contributed by atoms with Crippen LogP contribution in [0.25, 0.3) is 0 Å². The molecule has 0 radical (unpaired) electrons. The van der Waals surface area contributed by atoms with Crippen LogP contribution in [0.3, 0.4) is 0 Å². The molecule has 1 saturated heterocycles. The SMILES string of the molecule is C[Si](C)(O)CCCOC(=O)C1CO1. The number of carbonyl (C=O) groups excluding carboxylic acids is 1. The number of rotatable bonds is 5. The Balaban J connectivity index is 1.97. The van der Waals surface area contributed by atoms with Crippen molar-refractivity contribution in [1.82, 2.24) is 0 Å². The van der Waals surface area contributed by atoms with Crippen molar-refractivity contribution in [3.05, 3.63) is 0 Å². The van der Waals surface area contributed by atoms with Gasteiger partial charge in [-0.2, -0.15) is 0 Å². The molecule has 4 nitrogen and oxygen atoms in total. The van der Waals surface area contributed by atoms with Gasteiger partial charge >= 0.3 is 5.97 Å². The first-order chi connectivity index (χ1) is 5.99. The summed E-state index contributed by atoms with van der Waals surface area (Å²) in [5, 5.41) is 0. The van der Waals surface area contributed by atoms with Crippen molar-refractivity contribution in [3.8, 4) is 0 Å². The van der Waals surface area contributed by atoms with Gasteiger partial charge in [0.2, 0.25) is 0 Å². The highest BCUT2D eigenvalue weighted by molar-refractivity contribution is 6.69. The maximum absolute atomic E-state index is 10.9. The summed E-state index contributed by atoms with van der Waals surface area (Å²) in [4.78, 5) is 20.4. The van der Waals surface area contributed by atoms with Crippen LogP contribution in [0.5, 0.6) is 0 Å². The number of hydrogen-bond donors (Lipinski definition) is 1. The fourth-order valence-corrected chi connectivity index (χ4v) is 1.96. The zero-order chi connectivity index (χ0) is 9.90. The molecule has 1 heterocycles. The molecule has 0 amide bonds. The fourth-order valence-electron chi connectivity index (χ4n) is 0.955. The third kappa shape index (κ3) is 5.02. The van der Waals surface area contributed by atoms with E-state index in [1.807, 2.05) is 13.1 Å². The van der Waals surface area contributed by atoms with Gasteiger partial charge in [-0.15, -0.1) is 0 Å². The lowest BCUT2D eigenvalue weighted by molar-refractivity contribution is -0.145. The molecule has 1 N–H and O–H groups in total. The summed E-state index contributed by atoms with van der Waals surface area (Å²) >= 11 is 0. The summed E-state index contributed by atoms with van der Waals surface area (Å²) in [5.74, 6) is -0.266. The van der Waals surface area contributed by atoms with Gasteiger partial charge in [-0.25, -0.2) is 4.79 Å². The van der Waals surface area contributed by atoms with Crippen LogP contribution >= 0.6 is 0 Å². The molecule has 1 aliphatic heterocycles. The Bertz CT molecular complexity index is 183. The number of esters is 1. The van der Waals surface area contributed by atoms with Crippen molar-refractivity contribution in [3.63, 3.8) is 0 Å². The minimum Gasteiger partial charge on any atom is -0.464 e. The van der Waals surface area contributed by atoms with Gasteiger partial charge in [-0.05, 0) is 25.6 Å². The van der Waals surface area contributed by atoms with Crippen molar-refractivity contribution in [2.45, 2.75) is 31.7 Å². The Hall–Kier alpha value is -0.393. The van der Waals surface area contributed by atoms with E-state index < -0.39 is 8.32 Å². The van der Waals surface area contributed by atoms with Crippen LogP contribution < -0.4 is 0 Å². The molecule has 0 aromatic heterocycles. The van der Waals surface area contributed by atoms with Crippen LogP contribution in [0.15, 0.2) is 0 Å². The largest absolute Gasteiger partial charge is 0.464 e. The molecule has 1 fully saturated rings. The molecule has 5 heteroatoms. The van der Waals surface area contributed by atoms with E-state index >= 15 is 0 Å². The Kier molecular flexibility index (Phi) is 3.46. The molecule has 1 unspecified atom stereocenters. The smallest absolute Gasteiger partial charge is 0.337 e. The first kappa shape index (κ1) is 10.7. The average Bonchev–Trinajstić information content (AvgIpc) is 2.77. The molecule has 0 spiro atoms. The van der Waals surface area contributed by atoms with Gasteiger partial charge in [0, 0.05) is 0 Å². The van der Waals surface area contributed by atoms with Gasteiger partial charge in [0.05, 0.1) is 13.2 Å². The van der Waals surface area contributed by atoms with Crippen molar-refractivity contribution in [1.29, 1.82) is 0 Å². The van der Waals surface area contributed by atoms with Gasteiger partial charge in [-0.3, -0.25) is 0 Å². The predicted molar refractivity (Wildman–Crippen MR) is 49.8 cm³/mol. The summed E-state index contributed by atoms with van der Waals surface area (Å²) in [6, 6.07) is 0.770. The zero-order valence-electron chi connectivity index (χ0n) is 8.08. The second-order valence-corrected chi connectivity index (χ2v) is 8.03. The van der Waals surface area contributed by atoms with E-state index in [4.69, 9.17) is 9.47 Å². The van der Waals surface area contributed by atoms with Gasteiger partial charge in [-0.1, -0.05) is 0 Å². The Labute approximate surface area is 79.0 Å². The molecule has 0 aromatic rings. The summed E-state index contributed by atoms with van der Waals surface area (Å²) in [6.45, 7) is 4.65. The number of epoxide rings is 1. The topological polar surface area (TPSA) is 59.1 Å². The average molecular weight is 204 g/mol. The summed E-state index contributed by atoms with van der Waals surface area (Å²) in [7, 11) is -1.96. The van der Waals surface area contributed by atoms with E-state index in [1.54, 1.807) is 0 Å². The van der Waals surface area contributed by atoms with Crippen LogP contribution in [0.2, 0.25) is 19.1 Å². The van der Waals surface area contributed by atoms with Crippen molar-refractivity contribution < 1.29 is 19.1 Å². The van der Waals surface area contributed by atoms with Crippen LogP contribution in [-0.2, 0) is 14.3 Å². The van der Waals surface area contributed by atoms with Crippen LogP contribution in [-0.4, -0.2) is 38.4 Å². The first-order valence-corrected chi connectivity index (χ1v) is 7.65. The molecule has 76 valence electrons. The van der Waals surface area contributed by atoms with Gasteiger partial charge < -0.3 is 14.3 Å². The highest BCUT2D eigenvalue weighted by atomic mass is 28.4. The highest BCUT2D eigenvalue weighted by Gasteiger charge is 2.32. The molecule has 1 rings (SSSR count). The monoisotopic (exact) mass is 204 g/mol. The summed E-state index contributed by atoms with van der Waals surface area (Å²) in [5.41, 5.74) is 0. The van der Waals surface area contributed by atoms with E-state index in [-0.39, 0.29) is 12.1 Å². The van der Waals surface area contributed by atoms with Crippen LogP contribution in [0.4, 0.5) is 0 Å². The molecule has 13 heavy (non-hydrogen) atoms. The Morgan fingerprint density at radius 1 is 1.69 bits per heavy atom. The van der Waals surface area contributed by atoms with E-state index in [2.05, 4.69) is 0 Å². The van der Waals surface area contributed by atoms with E-state index in [9.17, 15) is 9.59 Å². The minimum atomic E-state index is -1.96. The molecule has 0 aromatic carbocycles. The third-order valence-electron chi connectivity index (χ3n) is 1.77. The zero-order valence-corrected chi connectivity index (χ0v) is 9.08. The van der Waals surface area contributed by atoms with E-state index in [1.165, 1.54) is 0 Å². The fraction of sp³-hybridized carbons (Fsp3) is 0.875. The lowest BCUT2D eigenvalue weighted by Gasteiger charge is -2.12. The molecule has 1 aliphatic rings. The molecule has 0 aliphatic carbocycles. The second kappa shape index (κ2) is 4.21. The standard InChI is InChI=1S/C8H16O4Si/c1-13(2,10)5-3-4-11-8(9)7-6-12-7/h7,10H,3-6H2,1-2H3. The number of ether oxygens (including phenoxy) is 2. The van der Waals surface area contributed by atoms with Crippen molar-refractivity contribution in [2.24, 2.45) is 0 Å². The summed E-state index contributed by atoms with van der Waals surface area (Å²) < 4.78 is 9.66. The Morgan fingerprint density at radius 3 is 2.77 bits per heavy atom. The summed E-state index contributed by atoms with van der Waals surface area (Å²) in [6.07, 6.45) is 0.438. The highest BCUT2D eigenvalue weighted by Crippen LogP contribution is 2.12. The molecular formula is C8H16O4Si. The van der Waals surface area contributed by atoms with Crippen LogP contribution in [0, 0.1) is 0 Å². The number of carbonyl (C=O) groups is 1. The first-order valence-electron chi connectivity index (χ1n) is 4.50. The molecule has 0 saturated carbocycles. The van der Waals surface area contributed by atoms with Crippen molar-refractivity contribution >= 4 is 14.3 Å². The minimum absolute atomic E-state index is 0.266. The molecule has 1 atom stereocenters. The van der Waals surface area contributed by atoms with Gasteiger partial charge in [0.1, 0.15) is 0 Å². The van der Waals surface area contributed by atoms with E-state index in [0.29, 0.717) is 13.2 Å². The van der Waals surface area contributed by atoms with Crippen LogP contribution in [0.1, 0.15) is 6.42 Å². The van der Waals surface area contributed by atoms with Gasteiger partial charge in [0.25, 0.3) is 0 Å².